The van der Waals surface area contributed by atoms with Crippen LogP contribution in [0.25, 0.3) is 0 Å². The Morgan fingerprint density at radius 3 is 2.83 bits per heavy atom. The minimum atomic E-state index is -0.615. The van der Waals surface area contributed by atoms with E-state index in [0.29, 0.717) is 18.1 Å². The second kappa shape index (κ2) is 8.89. The molecule has 152 valence electrons. The number of pyridine rings is 1. The number of amides is 1. The zero-order valence-electron chi connectivity index (χ0n) is 16.1. The molecule has 0 spiro atoms. The SMILES string of the molecule is CCn1nc(C)cc1Nc1cc(Nc2c(F)cccc2C(=O)NOC)c(Cl)cn1. The van der Waals surface area contributed by atoms with Crippen LogP contribution in [0.1, 0.15) is 23.0 Å². The van der Waals surface area contributed by atoms with Crippen LogP contribution in [0.3, 0.4) is 0 Å². The molecule has 0 saturated heterocycles. The number of benzene rings is 1. The number of hydrogen-bond donors (Lipinski definition) is 3. The molecule has 10 heteroatoms. The van der Waals surface area contributed by atoms with Crippen LogP contribution in [0.5, 0.6) is 0 Å². The number of carbonyl (C=O) groups excluding carboxylic acids is 1. The molecule has 1 amide bonds. The van der Waals surface area contributed by atoms with Gasteiger partial charge in [-0.05, 0) is 26.0 Å². The summed E-state index contributed by atoms with van der Waals surface area (Å²) in [5.41, 5.74) is 3.45. The fraction of sp³-hybridized carbons (Fsp3) is 0.211. The van der Waals surface area contributed by atoms with Crippen molar-refractivity contribution in [3.05, 3.63) is 58.6 Å². The first-order chi connectivity index (χ1) is 13.9. The maximum absolute atomic E-state index is 14.4. The summed E-state index contributed by atoms with van der Waals surface area (Å²) >= 11 is 6.24. The van der Waals surface area contributed by atoms with E-state index in [2.05, 4.69) is 31.0 Å². The van der Waals surface area contributed by atoms with Crippen LogP contribution >= 0.6 is 11.6 Å². The van der Waals surface area contributed by atoms with Crippen LogP contribution in [0.2, 0.25) is 5.02 Å². The molecule has 0 atom stereocenters. The fourth-order valence-corrected chi connectivity index (χ4v) is 2.89. The molecule has 3 rings (SSSR count). The van der Waals surface area contributed by atoms with Crippen molar-refractivity contribution in [2.45, 2.75) is 20.4 Å². The highest BCUT2D eigenvalue weighted by Gasteiger charge is 2.17. The lowest BCUT2D eigenvalue weighted by Crippen LogP contribution is -2.23. The lowest BCUT2D eigenvalue weighted by molar-refractivity contribution is 0.0538. The Morgan fingerprint density at radius 1 is 1.31 bits per heavy atom. The van der Waals surface area contributed by atoms with E-state index in [-0.39, 0.29) is 16.3 Å². The van der Waals surface area contributed by atoms with Gasteiger partial charge in [0.05, 0.1) is 41.0 Å². The minimum Gasteiger partial charge on any atom is -0.351 e. The molecule has 1 aromatic carbocycles. The van der Waals surface area contributed by atoms with E-state index in [9.17, 15) is 9.18 Å². The summed E-state index contributed by atoms with van der Waals surface area (Å²) in [5, 5.41) is 10.7. The lowest BCUT2D eigenvalue weighted by atomic mass is 10.1. The third-order valence-electron chi connectivity index (χ3n) is 4.03. The van der Waals surface area contributed by atoms with E-state index >= 15 is 0 Å². The van der Waals surface area contributed by atoms with Crippen molar-refractivity contribution >= 4 is 40.5 Å². The highest BCUT2D eigenvalue weighted by atomic mass is 35.5. The Hall–Kier alpha value is -3.17. The first-order valence-electron chi connectivity index (χ1n) is 8.78. The molecule has 2 aromatic heterocycles. The number of para-hydroxylation sites is 1. The quantitative estimate of drug-likeness (QED) is 0.498. The number of aryl methyl sites for hydroxylation is 2. The summed E-state index contributed by atoms with van der Waals surface area (Å²) in [5.74, 6) is 0.0266. The zero-order chi connectivity index (χ0) is 21.0. The Balaban J connectivity index is 1.93. The third-order valence-corrected chi connectivity index (χ3v) is 4.33. The Kier molecular flexibility index (Phi) is 6.30. The summed E-state index contributed by atoms with van der Waals surface area (Å²) < 4.78 is 16.2. The minimum absolute atomic E-state index is 0.0319. The van der Waals surface area contributed by atoms with E-state index in [4.69, 9.17) is 11.6 Å². The van der Waals surface area contributed by atoms with Gasteiger partial charge in [0.1, 0.15) is 17.5 Å². The Labute approximate surface area is 172 Å². The summed E-state index contributed by atoms with van der Waals surface area (Å²) in [4.78, 5) is 21.0. The van der Waals surface area contributed by atoms with Gasteiger partial charge in [0.25, 0.3) is 5.91 Å². The average Bonchev–Trinajstić information content (AvgIpc) is 3.05. The van der Waals surface area contributed by atoms with Crippen LogP contribution in [-0.2, 0) is 11.4 Å². The molecule has 8 nitrogen and oxygen atoms in total. The maximum Gasteiger partial charge on any atom is 0.277 e. The second-order valence-corrected chi connectivity index (χ2v) is 6.49. The molecular formula is C19H20ClFN6O2. The Morgan fingerprint density at radius 2 is 2.10 bits per heavy atom. The molecule has 29 heavy (non-hydrogen) atoms. The molecule has 0 fully saturated rings. The number of rotatable bonds is 7. The van der Waals surface area contributed by atoms with Crippen LogP contribution in [0.15, 0.2) is 36.5 Å². The lowest BCUT2D eigenvalue weighted by Gasteiger charge is -2.15. The van der Waals surface area contributed by atoms with Crippen LogP contribution < -0.4 is 16.1 Å². The zero-order valence-corrected chi connectivity index (χ0v) is 16.8. The molecule has 0 radical (unpaired) electrons. The van der Waals surface area contributed by atoms with Crippen LogP contribution in [0.4, 0.5) is 27.4 Å². The largest absolute Gasteiger partial charge is 0.351 e. The molecule has 0 aliphatic carbocycles. The normalized spacial score (nSPS) is 10.7. The van der Waals surface area contributed by atoms with Gasteiger partial charge < -0.3 is 10.6 Å². The van der Waals surface area contributed by atoms with Gasteiger partial charge in [0.15, 0.2) is 0 Å². The van der Waals surface area contributed by atoms with E-state index in [1.165, 1.54) is 31.5 Å². The van der Waals surface area contributed by atoms with Crippen molar-refractivity contribution in [3.8, 4) is 0 Å². The first kappa shape index (κ1) is 20.6. The van der Waals surface area contributed by atoms with Crippen molar-refractivity contribution in [2.75, 3.05) is 17.7 Å². The van der Waals surface area contributed by atoms with E-state index in [0.717, 1.165) is 11.5 Å². The van der Waals surface area contributed by atoms with Gasteiger partial charge in [-0.2, -0.15) is 5.10 Å². The first-order valence-corrected chi connectivity index (χ1v) is 9.16. The highest BCUT2D eigenvalue weighted by Crippen LogP contribution is 2.31. The number of aromatic nitrogens is 3. The van der Waals surface area contributed by atoms with Gasteiger partial charge >= 0.3 is 0 Å². The Bertz CT molecular complexity index is 1040. The summed E-state index contributed by atoms with van der Waals surface area (Å²) in [6, 6.07) is 7.64. The fourth-order valence-electron chi connectivity index (χ4n) is 2.74. The number of nitrogens with one attached hydrogen (secondary N) is 3. The number of hydrogen-bond acceptors (Lipinski definition) is 6. The van der Waals surface area contributed by atoms with Crippen molar-refractivity contribution in [3.63, 3.8) is 0 Å². The number of hydroxylamine groups is 1. The standard InChI is InChI=1S/C19H20ClFN6O2/c1-4-27-17(8-11(2)25-27)24-16-9-15(13(20)10-22-16)23-18-12(19(28)26-29-3)6-5-7-14(18)21/h5-10H,4H2,1-3H3,(H,26,28)(H2,22,23,24). The van der Waals surface area contributed by atoms with Crippen LogP contribution in [0, 0.1) is 12.7 Å². The van der Waals surface area contributed by atoms with E-state index in [1.54, 1.807) is 10.7 Å². The van der Waals surface area contributed by atoms with Gasteiger partial charge in [-0.25, -0.2) is 19.5 Å². The molecule has 3 aromatic rings. The molecule has 3 N–H and O–H groups in total. The van der Waals surface area contributed by atoms with E-state index < -0.39 is 11.7 Å². The monoisotopic (exact) mass is 418 g/mol. The van der Waals surface area contributed by atoms with Gasteiger partial charge in [-0.1, -0.05) is 17.7 Å². The molecule has 0 aliphatic rings. The predicted molar refractivity (Wildman–Crippen MR) is 109 cm³/mol. The average molecular weight is 419 g/mol. The van der Waals surface area contributed by atoms with Gasteiger partial charge in [-0.3, -0.25) is 9.63 Å². The highest BCUT2D eigenvalue weighted by molar-refractivity contribution is 6.33. The van der Waals surface area contributed by atoms with Crippen molar-refractivity contribution in [2.24, 2.45) is 0 Å². The topological polar surface area (TPSA) is 93.1 Å². The summed E-state index contributed by atoms with van der Waals surface area (Å²) in [6.07, 6.45) is 1.43. The molecule has 2 heterocycles. The molecule has 0 bridgehead atoms. The molecular weight excluding hydrogens is 399 g/mol. The van der Waals surface area contributed by atoms with Crippen molar-refractivity contribution in [1.82, 2.24) is 20.2 Å². The number of anilines is 4. The molecule has 0 saturated carbocycles. The van der Waals surface area contributed by atoms with Crippen LogP contribution in [-0.4, -0.2) is 27.8 Å². The second-order valence-electron chi connectivity index (χ2n) is 6.08. The predicted octanol–water partition coefficient (Wildman–Crippen LogP) is 4.18. The number of carbonyl (C=O) groups is 1. The van der Waals surface area contributed by atoms with Gasteiger partial charge in [-0.15, -0.1) is 0 Å². The third kappa shape index (κ3) is 4.64. The summed E-state index contributed by atoms with van der Waals surface area (Å²) in [7, 11) is 1.30. The van der Waals surface area contributed by atoms with Gasteiger partial charge in [0, 0.05) is 18.7 Å². The van der Waals surface area contributed by atoms with Crippen molar-refractivity contribution < 1.29 is 14.0 Å². The van der Waals surface area contributed by atoms with E-state index in [1.807, 2.05) is 19.9 Å². The van der Waals surface area contributed by atoms with Crippen molar-refractivity contribution in [1.29, 1.82) is 0 Å². The molecule has 0 aliphatic heterocycles. The number of nitrogens with zero attached hydrogens (tertiary/aromatic N) is 3. The maximum atomic E-state index is 14.4. The molecule has 0 unspecified atom stereocenters. The smallest absolute Gasteiger partial charge is 0.277 e. The number of halogens is 2. The summed E-state index contributed by atoms with van der Waals surface area (Å²) in [6.45, 7) is 4.55. The van der Waals surface area contributed by atoms with Gasteiger partial charge in [0.2, 0.25) is 0 Å².